The van der Waals surface area contributed by atoms with E-state index in [1.165, 1.54) is 12.7 Å². The number of aromatic nitrogens is 1. The van der Waals surface area contributed by atoms with Crippen molar-refractivity contribution in [1.29, 1.82) is 0 Å². The first-order chi connectivity index (χ1) is 18.2. The van der Waals surface area contributed by atoms with Crippen LogP contribution in [-0.4, -0.2) is 30.2 Å². The van der Waals surface area contributed by atoms with Crippen molar-refractivity contribution in [2.45, 2.75) is 53.1 Å². The average Bonchev–Trinajstić information content (AvgIpc) is 3.16. The number of benzene rings is 3. The second kappa shape index (κ2) is 11.5. The van der Waals surface area contributed by atoms with Crippen LogP contribution in [-0.2, 0) is 16.1 Å². The summed E-state index contributed by atoms with van der Waals surface area (Å²) in [5.74, 6) is 0.558. The average molecular weight is 513 g/mol. The molecule has 1 N–H and O–H groups in total. The highest BCUT2D eigenvalue weighted by atomic mass is 16.6. The Morgan fingerprint density at radius 3 is 2.32 bits per heavy atom. The number of nitrogens with one attached hydrogen (secondary N) is 1. The van der Waals surface area contributed by atoms with E-state index < -0.39 is 5.97 Å². The van der Waals surface area contributed by atoms with Crippen molar-refractivity contribution in [2.75, 3.05) is 13.7 Å². The van der Waals surface area contributed by atoms with Gasteiger partial charge in [0.05, 0.1) is 13.2 Å². The number of nitrogens with zero attached hydrogens (tertiary/aromatic N) is 1. The fourth-order valence-corrected chi connectivity index (χ4v) is 4.62. The third-order valence-electron chi connectivity index (χ3n) is 7.17. The summed E-state index contributed by atoms with van der Waals surface area (Å²) in [6.07, 6.45) is 0. The van der Waals surface area contributed by atoms with E-state index in [1.54, 1.807) is 0 Å². The van der Waals surface area contributed by atoms with Gasteiger partial charge in [0.2, 0.25) is 0 Å². The zero-order valence-corrected chi connectivity index (χ0v) is 23.0. The van der Waals surface area contributed by atoms with Crippen molar-refractivity contribution in [3.05, 3.63) is 100 Å². The van der Waals surface area contributed by atoms with Gasteiger partial charge < -0.3 is 19.4 Å². The highest BCUT2D eigenvalue weighted by Gasteiger charge is 2.17. The van der Waals surface area contributed by atoms with Crippen LogP contribution in [0.3, 0.4) is 0 Å². The maximum Gasteiger partial charge on any atom is 0.343 e. The number of esters is 1. The molecule has 0 fully saturated rings. The lowest BCUT2D eigenvalue weighted by Crippen LogP contribution is -2.26. The molecule has 6 nitrogen and oxygen atoms in total. The van der Waals surface area contributed by atoms with Gasteiger partial charge >= 0.3 is 5.97 Å². The third kappa shape index (κ3) is 5.91. The van der Waals surface area contributed by atoms with E-state index in [-0.39, 0.29) is 18.6 Å². The van der Waals surface area contributed by atoms with Crippen LogP contribution in [0.1, 0.15) is 71.0 Å². The second-order valence-corrected chi connectivity index (χ2v) is 10.1. The number of aryl methyl sites for hydroxylation is 1. The first-order valence-corrected chi connectivity index (χ1v) is 13.0. The number of amides is 1. The SMILES string of the molecule is COC(=O)COc1ccc(Cn2c(C)c(C)c3cc(C(=O)NC(C)c4cccc(C(C)C)c4)ccc32)cc1. The summed E-state index contributed by atoms with van der Waals surface area (Å²) in [6.45, 7) is 11.1. The van der Waals surface area contributed by atoms with E-state index in [4.69, 9.17) is 4.74 Å². The summed E-state index contributed by atoms with van der Waals surface area (Å²) < 4.78 is 12.3. The Hall–Kier alpha value is -4.06. The van der Waals surface area contributed by atoms with Gasteiger partial charge in [-0.2, -0.15) is 0 Å². The Bertz CT molecular complexity index is 1450. The van der Waals surface area contributed by atoms with E-state index in [2.05, 4.69) is 66.6 Å². The number of hydrogen-bond acceptors (Lipinski definition) is 4. The Balaban J connectivity index is 1.51. The van der Waals surface area contributed by atoms with E-state index in [1.807, 2.05) is 49.4 Å². The van der Waals surface area contributed by atoms with Crippen molar-refractivity contribution >= 4 is 22.8 Å². The van der Waals surface area contributed by atoms with Crippen LogP contribution < -0.4 is 10.1 Å². The first-order valence-electron chi connectivity index (χ1n) is 13.0. The van der Waals surface area contributed by atoms with Crippen molar-refractivity contribution in [3.63, 3.8) is 0 Å². The van der Waals surface area contributed by atoms with Crippen LogP contribution in [0, 0.1) is 13.8 Å². The predicted octanol–water partition coefficient (Wildman–Crippen LogP) is 6.47. The lowest BCUT2D eigenvalue weighted by Gasteiger charge is -2.16. The van der Waals surface area contributed by atoms with Crippen LogP contribution in [0.25, 0.3) is 10.9 Å². The minimum atomic E-state index is -0.415. The molecule has 0 spiro atoms. The van der Waals surface area contributed by atoms with Crippen LogP contribution >= 0.6 is 0 Å². The molecule has 1 unspecified atom stereocenters. The smallest absolute Gasteiger partial charge is 0.343 e. The molecular weight excluding hydrogens is 476 g/mol. The third-order valence-corrected chi connectivity index (χ3v) is 7.17. The van der Waals surface area contributed by atoms with Gasteiger partial charge in [-0.05, 0) is 79.3 Å². The molecule has 1 amide bonds. The summed E-state index contributed by atoms with van der Waals surface area (Å²) >= 11 is 0. The second-order valence-electron chi connectivity index (χ2n) is 10.1. The zero-order chi connectivity index (χ0) is 27.4. The lowest BCUT2D eigenvalue weighted by molar-refractivity contribution is -0.142. The number of fused-ring (bicyclic) bond motifs is 1. The molecule has 0 aliphatic carbocycles. The van der Waals surface area contributed by atoms with Gasteiger partial charge in [0.25, 0.3) is 5.91 Å². The van der Waals surface area contributed by atoms with Crippen LogP contribution in [0.5, 0.6) is 5.75 Å². The Morgan fingerprint density at radius 1 is 0.921 bits per heavy atom. The number of hydrogen-bond donors (Lipinski definition) is 1. The van der Waals surface area contributed by atoms with Gasteiger partial charge in [0.15, 0.2) is 6.61 Å². The highest BCUT2D eigenvalue weighted by Crippen LogP contribution is 2.28. The van der Waals surface area contributed by atoms with E-state index in [0.717, 1.165) is 33.3 Å². The van der Waals surface area contributed by atoms with Gasteiger partial charge in [-0.1, -0.05) is 50.2 Å². The molecule has 198 valence electrons. The summed E-state index contributed by atoms with van der Waals surface area (Å²) in [7, 11) is 1.34. The molecule has 4 aromatic rings. The maximum atomic E-state index is 13.2. The maximum absolute atomic E-state index is 13.2. The molecule has 0 aliphatic rings. The van der Waals surface area contributed by atoms with Crippen LogP contribution in [0.4, 0.5) is 0 Å². The fraction of sp³-hybridized carbons (Fsp3) is 0.312. The first kappa shape index (κ1) is 27.0. The molecule has 1 atom stereocenters. The molecule has 3 aromatic carbocycles. The van der Waals surface area contributed by atoms with Crippen molar-refractivity contribution in [1.82, 2.24) is 9.88 Å². The normalized spacial score (nSPS) is 12.0. The summed E-state index contributed by atoms with van der Waals surface area (Å²) in [5, 5.41) is 4.24. The molecule has 0 saturated carbocycles. The Morgan fingerprint density at radius 2 is 1.63 bits per heavy atom. The minimum Gasteiger partial charge on any atom is -0.482 e. The fourth-order valence-electron chi connectivity index (χ4n) is 4.62. The van der Waals surface area contributed by atoms with E-state index in [9.17, 15) is 9.59 Å². The molecule has 1 aromatic heterocycles. The monoisotopic (exact) mass is 512 g/mol. The molecule has 1 heterocycles. The summed E-state index contributed by atoms with van der Waals surface area (Å²) in [5.41, 5.74) is 7.52. The van der Waals surface area contributed by atoms with Gasteiger partial charge in [-0.3, -0.25) is 4.79 Å². The van der Waals surface area contributed by atoms with Gasteiger partial charge in [0.1, 0.15) is 5.75 Å². The summed E-state index contributed by atoms with van der Waals surface area (Å²) in [4.78, 5) is 24.5. The molecule has 0 saturated heterocycles. The summed E-state index contributed by atoms with van der Waals surface area (Å²) in [6, 6.07) is 21.9. The standard InChI is InChI=1S/C32H36N2O4/c1-20(2)25-8-7-9-26(16-25)22(4)33-32(36)27-12-15-30-29(17-27)21(3)23(5)34(30)18-24-10-13-28(14-11-24)38-19-31(35)37-6/h7-17,20,22H,18-19H2,1-6H3,(H,33,36). The van der Waals surface area contributed by atoms with Crippen molar-refractivity contribution in [2.24, 2.45) is 0 Å². The predicted molar refractivity (Wildman–Crippen MR) is 151 cm³/mol. The molecule has 0 aliphatic heterocycles. The van der Waals surface area contributed by atoms with Gasteiger partial charge in [0, 0.05) is 28.7 Å². The number of rotatable bonds is 9. The number of methoxy groups -OCH3 is 1. The minimum absolute atomic E-state index is 0.0818. The van der Waals surface area contributed by atoms with Gasteiger partial charge in [-0.15, -0.1) is 0 Å². The van der Waals surface area contributed by atoms with E-state index in [0.29, 0.717) is 23.8 Å². The largest absolute Gasteiger partial charge is 0.482 e. The highest BCUT2D eigenvalue weighted by molar-refractivity contribution is 5.99. The van der Waals surface area contributed by atoms with E-state index >= 15 is 0 Å². The molecular formula is C32H36N2O4. The molecule has 4 rings (SSSR count). The van der Waals surface area contributed by atoms with Crippen molar-refractivity contribution in [3.8, 4) is 5.75 Å². The zero-order valence-electron chi connectivity index (χ0n) is 23.0. The number of ether oxygens (including phenoxy) is 2. The lowest BCUT2D eigenvalue weighted by atomic mass is 9.98. The Labute approximate surface area is 224 Å². The molecule has 0 radical (unpaired) electrons. The molecule has 0 bridgehead atoms. The molecule has 38 heavy (non-hydrogen) atoms. The number of carbonyl (C=O) groups is 2. The van der Waals surface area contributed by atoms with Gasteiger partial charge in [-0.25, -0.2) is 4.79 Å². The van der Waals surface area contributed by atoms with Crippen molar-refractivity contribution < 1.29 is 19.1 Å². The topological polar surface area (TPSA) is 69.6 Å². The molecule has 6 heteroatoms. The van der Waals surface area contributed by atoms with Crippen LogP contribution in [0.2, 0.25) is 0 Å². The van der Waals surface area contributed by atoms with Crippen LogP contribution in [0.15, 0.2) is 66.7 Å². The number of carbonyl (C=O) groups excluding carboxylic acids is 2. The Kier molecular flexibility index (Phi) is 8.20. The quantitative estimate of drug-likeness (QED) is 0.261.